The van der Waals surface area contributed by atoms with Crippen LogP contribution in [0.2, 0.25) is 0 Å². The second-order valence-corrected chi connectivity index (χ2v) is 16.5. The zero-order valence-corrected chi connectivity index (χ0v) is 31.0. The lowest BCUT2D eigenvalue weighted by Gasteiger charge is -2.27. The van der Waals surface area contributed by atoms with E-state index in [0.717, 1.165) is 13.4 Å². The third-order valence-electron chi connectivity index (χ3n) is 8.57. The van der Waals surface area contributed by atoms with Crippen molar-refractivity contribution in [2.75, 3.05) is 38.6 Å². The Morgan fingerprint density at radius 3 is 2.50 bits per heavy atom. The molecule has 7 rings (SSSR count). The molecule has 7 unspecified atom stereocenters. The topological polar surface area (TPSA) is 293 Å². The Bertz CT molecular complexity index is 2290. The van der Waals surface area contributed by atoms with E-state index in [4.69, 9.17) is 52.8 Å². The van der Waals surface area contributed by atoms with Crippen molar-refractivity contribution in [2.45, 2.75) is 58.5 Å². The average molecular weight is 801 g/mol. The fourth-order valence-corrected chi connectivity index (χ4v) is 7.95. The maximum atomic E-state index is 16.4. The number of imidazole rings is 2. The van der Waals surface area contributed by atoms with Gasteiger partial charge in [-0.3, -0.25) is 41.8 Å². The van der Waals surface area contributed by atoms with Gasteiger partial charge in [0, 0.05) is 13.0 Å². The highest BCUT2D eigenvalue weighted by Gasteiger charge is 2.52. The molecule has 5 N–H and O–H groups in total. The number of aromatic amines is 1. The number of nitrogens with two attached hydrogens (primary N) is 2. The molecule has 7 heterocycles. The SMILES string of the molecule is COP1(=O)OCC2OC(n3cnc4c(=O)[nH]c(N)nc43)C(OP(=O)(OCOC(=O)C(C)(C)C)OCC3=C(O1)C(F)[C@H](n1cnc4c(N)ncnc41)O3)C2C. The van der Waals surface area contributed by atoms with Crippen LogP contribution in [0.5, 0.6) is 0 Å². The number of nitrogens with zero attached hydrogens (tertiary/aromatic N) is 7. The fourth-order valence-electron chi connectivity index (χ4n) is 5.70. The highest BCUT2D eigenvalue weighted by molar-refractivity contribution is 7.48. The van der Waals surface area contributed by atoms with Gasteiger partial charge in [-0.15, -0.1) is 0 Å². The summed E-state index contributed by atoms with van der Waals surface area (Å²) < 4.78 is 98.3. The minimum absolute atomic E-state index is 0.00778. The molecule has 0 spiro atoms. The number of carbonyl (C=O) groups is 1. The van der Waals surface area contributed by atoms with Crippen molar-refractivity contribution in [2.24, 2.45) is 11.3 Å². The summed E-state index contributed by atoms with van der Waals surface area (Å²) in [6.07, 6.45) is -3.92. The van der Waals surface area contributed by atoms with Crippen molar-refractivity contribution in [3.8, 4) is 0 Å². The van der Waals surface area contributed by atoms with Gasteiger partial charge < -0.3 is 30.2 Å². The summed E-state index contributed by atoms with van der Waals surface area (Å²) in [5.41, 5.74) is 10.2. The zero-order valence-electron chi connectivity index (χ0n) is 29.2. The number of fused-ring (bicyclic) bond motifs is 4. The first-order valence-electron chi connectivity index (χ1n) is 16.1. The quantitative estimate of drug-likeness (QED) is 0.143. The van der Waals surface area contributed by atoms with Crippen LogP contribution in [0.15, 0.2) is 35.3 Å². The van der Waals surface area contributed by atoms with Gasteiger partial charge in [-0.2, -0.15) is 4.98 Å². The molecule has 3 aliphatic rings. The first-order chi connectivity index (χ1) is 25.5. The van der Waals surface area contributed by atoms with E-state index in [2.05, 4.69) is 29.9 Å². The number of nitrogen functional groups attached to an aromatic ring is 2. The summed E-state index contributed by atoms with van der Waals surface area (Å²) in [5, 5.41) is 0. The molecule has 8 atom stereocenters. The molecule has 26 heteroatoms. The molecule has 0 amide bonds. The molecule has 0 saturated carbocycles. The monoisotopic (exact) mass is 800 g/mol. The number of carbonyl (C=O) groups excluding carboxylic acids is 1. The lowest BCUT2D eigenvalue weighted by Crippen LogP contribution is -2.29. The molecule has 1 fully saturated rings. The first kappa shape index (κ1) is 37.8. The van der Waals surface area contributed by atoms with E-state index in [0.29, 0.717) is 0 Å². The molecule has 292 valence electrons. The Balaban J connectivity index is 1.27. The molecule has 0 aliphatic carbocycles. The number of phosphoric acid groups is 2. The van der Waals surface area contributed by atoms with Gasteiger partial charge in [0.05, 0.1) is 24.5 Å². The Morgan fingerprint density at radius 2 is 1.78 bits per heavy atom. The van der Waals surface area contributed by atoms with Crippen LogP contribution < -0.4 is 17.0 Å². The number of phosphoric ester groups is 2. The van der Waals surface area contributed by atoms with E-state index in [1.54, 1.807) is 27.7 Å². The van der Waals surface area contributed by atoms with Crippen LogP contribution in [0.3, 0.4) is 0 Å². The van der Waals surface area contributed by atoms with Gasteiger partial charge >= 0.3 is 21.6 Å². The molecular weight excluding hydrogens is 765 g/mol. The van der Waals surface area contributed by atoms with Gasteiger partial charge in [-0.25, -0.2) is 38.0 Å². The van der Waals surface area contributed by atoms with E-state index >= 15 is 4.39 Å². The number of nitrogens with one attached hydrogen (secondary N) is 1. The van der Waals surface area contributed by atoms with Crippen molar-refractivity contribution < 1.29 is 59.7 Å². The van der Waals surface area contributed by atoms with E-state index < -0.39 is 101 Å². The largest absolute Gasteiger partial charge is 0.529 e. The Hall–Kier alpha value is -4.54. The van der Waals surface area contributed by atoms with Crippen LogP contribution in [-0.4, -0.2) is 90.5 Å². The number of rotatable bonds is 6. The fraction of sp³-hybridized carbons (Fsp3) is 0.536. The zero-order chi connectivity index (χ0) is 38.7. The molecule has 4 aromatic heterocycles. The van der Waals surface area contributed by atoms with Crippen LogP contribution >= 0.6 is 15.6 Å². The average Bonchev–Trinajstić information content (AvgIpc) is 3.87. The second-order valence-electron chi connectivity index (χ2n) is 13.2. The predicted molar refractivity (Wildman–Crippen MR) is 179 cm³/mol. The standard InChI is InChI=1S/C28H35FN10O13P2/c1-12-13-6-46-53(42,44-5)52-19-14(50-24(15(19)29)38-9-34-16-20(30)32-8-33-21(16)38)7-47-54(43,48-11-45-26(41)28(2,3)4)51-18(12)25(49-13)39-10-35-17-22(39)36-27(31)37-23(17)40/h8-10,12-13,15,18,24-25H,6-7,11H2,1-5H3,(H2,30,32,33)(H3,31,36,37,40)/t12?,13?,15?,18?,24-,25?,53?,54?/m1/s1. The van der Waals surface area contributed by atoms with Crippen molar-refractivity contribution in [1.29, 1.82) is 0 Å². The third kappa shape index (κ3) is 6.94. The van der Waals surface area contributed by atoms with Gasteiger partial charge in [0.25, 0.3) is 5.56 Å². The first-order valence-corrected chi connectivity index (χ1v) is 19.0. The Labute approximate surface area is 303 Å². The van der Waals surface area contributed by atoms with E-state index in [1.165, 1.54) is 21.8 Å². The van der Waals surface area contributed by atoms with Crippen molar-refractivity contribution in [3.63, 3.8) is 0 Å². The summed E-state index contributed by atoms with van der Waals surface area (Å²) in [6, 6.07) is 0. The molecular formula is C28H35FN10O13P2. The lowest BCUT2D eigenvalue weighted by molar-refractivity contribution is -0.161. The Kier molecular flexibility index (Phi) is 9.75. The maximum absolute atomic E-state index is 16.4. The van der Waals surface area contributed by atoms with Crippen LogP contribution in [0.4, 0.5) is 16.2 Å². The number of aromatic nitrogens is 8. The number of hydrogen-bond donors (Lipinski definition) is 3. The lowest BCUT2D eigenvalue weighted by atomic mass is 9.98. The van der Waals surface area contributed by atoms with E-state index in [1.807, 2.05) is 0 Å². The third-order valence-corrected chi connectivity index (χ3v) is 11.3. The summed E-state index contributed by atoms with van der Waals surface area (Å²) in [5.74, 6) is -2.92. The molecule has 23 nitrogen and oxygen atoms in total. The number of hydrogen-bond acceptors (Lipinski definition) is 20. The summed E-state index contributed by atoms with van der Waals surface area (Å²) in [6.45, 7) is 4.05. The molecule has 3 aliphatic heterocycles. The molecule has 0 radical (unpaired) electrons. The minimum atomic E-state index is -4.92. The summed E-state index contributed by atoms with van der Waals surface area (Å²) >= 11 is 0. The predicted octanol–water partition coefficient (Wildman–Crippen LogP) is 2.61. The van der Waals surface area contributed by atoms with Crippen LogP contribution in [0, 0.1) is 11.3 Å². The normalized spacial score (nSPS) is 30.6. The molecule has 2 bridgehead atoms. The van der Waals surface area contributed by atoms with Gasteiger partial charge in [-0.1, -0.05) is 6.92 Å². The van der Waals surface area contributed by atoms with Gasteiger partial charge in [0.2, 0.25) is 25.1 Å². The van der Waals surface area contributed by atoms with Gasteiger partial charge in [0.1, 0.15) is 30.9 Å². The van der Waals surface area contributed by atoms with Crippen LogP contribution in [0.1, 0.15) is 40.2 Å². The number of anilines is 2. The number of ether oxygens (including phenoxy) is 3. The maximum Gasteiger partial charge on any atom is 0.529 e. The molecule has 1 saturated heterocycles. The van der Waals surface area contributed by atoms with Crippen LogP contribution in [0.25, 0.3) is 22.3 Å². The van der Waals surface area contributed by atoms with Gasteiger partial charge in [0.15, 0.2) is 40.4 Å². The van der Waals surface area contributed by atoms with Crippen molar-refractivity contribution >= 4 is 55.7 Å². The smallest absolute Gasteiger partial charge is 0.465 e. The number of H-pyrrole nitrogens is 1. The summed E-state index contributed by atoms with van der Waals surface area (Å²) in [4.78, 5) is 47.9. The molecule has 0 aromatic carbocycles. The molecule has 54 heavy (non-hydrogen) atoms. The van der Waals surface area contributed by atoms with Crippen LogP contribution in [-0.2, 0) is 55.3 Å². The number of alkyl halides is 1. The number of esters is 1. The second kappa shape index (κ2) is 13.9. The summed E-state index contributed by atoms with van der Waals surface area (Å²) in [7, 11) is -8.57. The Morgan fingerprint density at radius 1 is 1.06 bits per heavy atom. The number of halogens is 1. The van der Waals surface area contributed by atoms with Crippen molar-refractivity contribution in [1.82, 2.24) is 39.0 Å². The van der Waals surface area contributed by atoms with Gasteiger partial charge in [-0.05, 0) is 20.8 Å². The molecule has 4 aromatic rings. The highest BCUT2D eigenvalue weighted by Crippen LogP contribution is 2.59. The van der Waals surface area contributed by atoms with E-state index in [-0.39, 0.29) is 34.1 Å². The van der Waals surface area contributed by atoms with E-state index in [9.17, 15) is 18.7 Å². The van der Waals surface area contributed by atoms with Crippen molar-refractivity contribution in [3.05, 3.63) is 40.9 Å². The minimum Gasteiger partial charge on any atom is -0.465 e. The highest BCUT2D eigenvalue weighted by atomic mass is 31.2.